The molecule has 0 fully saturated rings. The first-order valence-corrected chi connectivity index (χ1v) is 10.6. The van der Waals surface area contributed by atoms with Crippen LogP contribution in [0.1, 0.15) is 49.8 Å². The van der Waals surface area contributed by atoms with Crippen LogP contribution in [0.25, 0.3) is 0 Å². The molecule has 0 saturated carbocycles. The Hall–Kier alpha value is -1.89. The second-order valence-electron chi connectivity index (χ2n) is 6.82. The molecular formula is C19H30N6S. The molecule has 0 bridgehead atoms. The Kier molecular flexibility index (Phi) is 7.05. The van der Waals surface area contributed by atoms with Crippen molar-refractivity contribution in [2.45, 2.75) is 58.5 Å². The van der Waals surface area contributed by atoms with E-state index in [1.807, 2.05) is 0 Å². The highest BCUT2D eigenvalue weighted by Crippen LogP contribution is 2.15. The molecule has 26 heavy (non-hydrogen) atoms. The van der Waals surface area contributed by atoms with Crippen LogP contribution in [-0.2, 0) is 25.9 Å². The van der Waals surface area contributed by atoms with Crippen LogP contribution in [0.4, 0.5) is 0 Å². The number of nitrogens with one attached hydrogen (secondary N) is 1. The normalized spacial score (nSPS) is 14.8. The highest BCUT2D eigenvalue weighted by molar-refractivity contribution is 7.07. The molecule has 0 radical (unpaired) electrons. The molecule has 1 aliphatic rings. The molecule has 6 nitrogen and oxygen atoms in total. The number of hydrogen-bond donors (Lipinski definition) is 1. The molecule has 0 amide bonds. The van der Waals surface area contributed by atoms with E-state index in [4.69, 9.17) is 4.99 Å². The van der Waals surface area contributed by atoms with Gasteiger partial charge in [0.2, 0.25) is 0 Å². The second kappa shape index (κ2) is 9.71. The predicted molar refractivity (Wildman–Crippen MR) is 108 cm³/mol. The summed E-state index contributed by atoms with van der Waals surface area (Å²) in [6.45, 7) is 5.75. The van der Waals surface area contributed by atoms with Crippen LogP contribution in [0.3, 0.4) is 0 Å². The summed E-state index contributed by atoms with van der Waals surface area (Å²) in [6, 6.07) is 2.17. The lowest BCUT2D eigenvalue weighted by atomic mass is 10.2. The fourth-order valence-electron chi connectivity index (χ4n) is 3.35. The molecule has 142 valence electrons. The molecule has 2 aromatic rings. The smallest absolute Gasteiger partial charge is 0.193 e. The average Bonchev–Trinajstić information content (AvgIpc) is 3.22. The molecule has 1 N–H and O–H groups in total. The largest absolute Gasteiger partial charge is 0.357 e. The lowest BCUT2D eigenvalue weighted by Gasteiger charge is -2.21. The van der Waals surface area contributed by atoms with Gasteiger partial charge in [0.15, 0.2) is 5.96 Å². The minimum Gasteiger partial charge on any atom is -0.357 e. The zero-order valence-corrected chi connectivity index (χ0v) is 16.8. The molecule has 0 aliphatic carbocycles. The van der Waals surface area contributed by atoms with Crippen LogP contribution in [0, 0.1) is 0 Å². The summed E-state index contributed by atoms with van der Waals surface area (Å²) in [5, 5.41) is 16.5. The van der Waals surface area contributed by atoms with E-state index in [0.29, 0.717) is 0 Å². The van der Waals surface area contributed by atoms with Crippen molar-refractivity contribution >= 4 is 17.3 Å². The third kappa shape index (κ3) is 5.06. The Morgan fingerprint density at radius 1 is 1.35 bits per heavy atom. The van der Waals surface area contributed by atoms with Crippen molar-refractivity contribution in [3.63, 3.8) is 0 Å². The fourth-order valence-corrected chi connectivity index (χ4v) is 4.01. The summed E-state index contributed by atoms with van der Waals surface area (Å²) >= 11 is 1.74. The topological polar surface area (TPSA) is 58.3 Å². The second-order valence-corrected chi connectivity index (χ2v) is 7.60. The number of aryl methyl sites for hydroxylation is 2. The third-order valence-corrected chi connectivity index (χ3v) is 5.43. The number of nitrogens with zero attached hydrogens (tertiary/aromatic N) is 5. The van der Waals surface area contributed by atoms with E-state index in [1.54, 1.807) is 11.3 Å². The first-order chi connectivity index (χ1) is 12.8. The molecule has 0 unspecified atom stereocenters. The van der Waals surface area contributed by atoms with Crippen molar-refractivity contribution in [2.24, 2.45) is 4.99 Å². The zero-order chi connectivity index (χ0) is 18.2. The van der Waals surface area contributed by atoms with E-state index >= 15 is 0 Å². The van der Waals surface area contributed by atoms with E-state index in [9.17, 15) is 0 Å². The maximum atomic E-state index is 4.80. The van der Waals surface area contributed by atoms with Crippen LogP contribution in [-0.4, -0.2) is 45.8 Å². The molecular weight excluding hydrogens is 344 g/mol. The van der Waals surface area contributed by atoms with Gasteiger partial charge >= 0.3 is 0 Å². The molecule has 3 heterocycles. The van der Waals surface area contributed by atoms with E-state index in [1.165, 1.54) is 30.7 Å². The molecule has 7 heteroatoms. The Morgan fingerprint density at radius 3 is 3.08 bits per heavy atom. The van der Waals surface area contributed by atoms with Crippen molar-refractivity contribution in [2.75, 3.05) is 20.1 Å². The van der Waals surface area contributed by atoms with Crippen molar-refractivity contribution in [3.05, 3.63) is 34.0 Å². The minimum absolute atomic E-state index is 0.804. The van der Waals surface area contributed by atoms with Gasteiger partial charge in [0, 0.05) is 46.1 Å². The van der Waals surface area contributed by atoms with Crippen molar-refractivity contribution in [1.29, 1.82) is 0 Å². The van der Waals surface area contributed by atoms with Gasteiger partial charge in [-0.05, 0) is 48.6 Å². The van der Waals surface area contributed by atoms with E-state index in [2.05, 4.69) is 55.8 Å². The van der Waals surface area contributed by atoms with E-state index in [-0.39, 0.29) is 0 Å². The number of guanidine groups is 1. The van der Waals surface area contributed by atoms with Gasteiger partial charge in [-0.15, -0.1) is 10.2 Å². The van der Waals surface area contributed by atoms with Gasteiger partial charge in [-0.1, -0.05) is 6.42 Å². The molecule has 0 spiro atoms. The fraction of sp³-hybridized carbons (Fsp3) is 0.632. The molecule has 3 rings (SSSR count). The molecule has 0 saturated heterocycles. The van der Waals surface area contributed by atoms with E-state index in [0.717, 1.165) is 57.2 Å². The summed E-state index contributed by atoms with van der Waals surface area (Å²) < 4.78 is 2.34. The van der Waals surface area contributed by atoms with Gasteiger partial charge in [-0.25, -0.2) is 0 Å². The first-order valence-electron chi connectivity index (χ1n) is 9.69. The van der Waals surface area contributed by atoms with Crippen molar-refractivity contribution in [3.8, 4) is 0 Å². The Labute approximate surface area is 160 Å². The van der Waals surface area contributed by atoms with E-state index < -0.39 is 0 Å². The minimum atomic E-state index is 0.804. The van der Waals surface area contributed by atoms with Gasteiger partial charge in [-0.3, -0.25) is 4.99 Å². The lowest BCUT2D eigenvalue weighted by molar-refractivity contribution is 0.477. The number of hydrogen-bond acceptors (Lipinski definition) is 4. The molecule has 0 atom stereocenters. The van der Waals surface area contributed by atoms with Gasteiger partial charge in [0.25, 0.3) is 0 Å². The summed E-state index contributed by atoms with van der Waals surface area (Å²) in [5.41, 5.74) is 1.33. The predicted octanol–water partition coefficient (Wildman–Crippen LogP) is 3.10. The van der Waals surface area contributed by atoms with Crippen LogP contribution in [0.5, 0.6) is 0 Å². The standard InChI is InChI=1S/C19H30N6S/c1-3-20-19(24(2)14-16-10-13-26-15-16)21-11-7-9-18-23-22-17-8-5-4-6-12-25(17)18/h10,13,15H,3-9,11-12,14H2,1-2H3,(H,20,21). The number of thiophene rings is 1. The quantitative estimate of drug-likeness (QED) is 0.460. The summed E-state index contributed by atoms with van der Waals surface area (Å²) in [5.74, 6) is 3.28. The maximum absolute atomic E-state index is 4.80. The third-order valence-electron chi connectivity index (χ3n) is 4.70. The van der Waals surface area contributed by atoms with Crippen LogP contribution in [0.15, 0.2) is 21.8 Å². The summed E-state index contributed by atoms with van der Waals surface area (Å²) in [6.07, 6.45) is 6.81. The number of aliphatic imine (C=N–C) groups is 1. The molecule has 0 aromatic carbocycles. The zero-order valence-electron chi connectivity index (χ0n) is 15.9. The Balaban J connectivity index is 1.53. The highest BCUT2D eigenvalue weighted by atomic mass is 32.1. The van der Waals surface area contributed by atoms with Gasteiger partial charge in [0.05, 0.1) is 0 Å². The van der Waals surface area contributed by atoms with Gasteiger partial charge < -0.3 is 14.8 Å². The molecule has 1 aliphatic heterocycles. The maximum Gasteiger partial charge on any atom is 0.193 e. The van der Waals surface area contributed by atoms with Gasteiger partial charge in [0.1, 0.15) is 11.6 Å². The van der Waals surface area contributed by atoms with Crippen molar-refractivity contribution in [1.82, 2.24) is 25.0 Å². The highest BCUT2D eigenvalue weighted by Gasteiger charge is 2.14. The summed E-state index contributed by atoms with van der Waals surface area (Å²) in [4.78, 5) is 6.99. The SMILES string of the molecule is CCNC(=NCCCc1nnc2n1CCCCC2)N(C)Cc1ccsc1. The number of aromatic nitrogens is 3. The van der Waals surface area contributed by atoms with Crippen LogP contribution >= 0.6 is 11.3 Å². The first kappa shape index (κ1) is 18.9. The van der Waals surface area contributed by atoms with Crippen LogP contribution in [0.2, 0.25) is 0 Å². The molecule has 2 aromatic heterocycles. The number of fused-ring (bicyclic) bond motifs is 1. The number of rotatable bonds is 7. The average molecular weight is 375 g/mol. The van der Waals surface area contributed by atoms with Gasteiger partial charge in [-0.2, -0.15) is 11.3 Å². The monoisotopic (exact) mass is 374 g/mol. The lowest BCUT2D eigenvalue weighted by Crippen LogP contribution is -2.38. The summed E-state index contributed by atoms with van der Waals surface area (Å²) in [7, 11) is 2.09. The van der Waals surface area contributed by atoms with Crippen molar-refractivity contribution < 1.29 is 0 Å². The Bertz CT molecular complexity index is 691. The Morgan fingerprint density at radius 2 is 2.27 bits per heavy atom. The van der Waals surface area contributed by atoms with Crippen LogP contribution < -0.4 is 5.32 Å².